The summed E-state index contributed by atoms with van der Waals surface area (Å²) in [7, 11) is 0. The van der Waals surface area contributed by atoms with Crippen LogP contribution in [0.3, 0.4) is 0 Å². The Morgan fingerprint density at radius 1 is 1.30 bits per heavy atom. The van der Waals surface area contributed by atoms with Crippen molar-refractivity contribution >= 4 is 29.2 Å². The summed E-state index contributed by atoms with van der Waals surface area (Å²) < 4.78 is 39.6. The van der Waals surface area contributed by atoms with Crippen LogP contribution in [0.4, 0.5) is 25.1 Å². The number of carbonyl (C=O) groups is 1. The molecule has 0 radical (unpaired) electrons. The van der Waals surface area contributed by atoms with Gasteiger partial charge in [0.1, 0.15) is 16.9 Å². The highest BCUT2D eigenvalue weighted by Crippen LogP contribution is 2.40. The molecule has 1 saturated carbocycles. The number of nitrogens with one attached hydrogen (secondary N) is 3. The van der Waals surface area contributed by atoms with E-state index in [-0.39, 0.29) is 18.6 Å². The van der Waals surface area contributed by atoms with Crippen molar-refractivity contribution in [3.8, 4) is 5.75 Å². The van der Waals surface area contributed by atoms with Gasteiger partial charge < -0.3 is 20.1 Å². The number of carbonyl (C=O) groups excluding carboxylic acids is 1. The normalized spacial score (nSPS) is 26.4. The van der Waals surface area contributed by atoms with Gasteiger partial charge in [-0.25, -0.2) is 13.6 Å². The van der Waals surface area contributed by atoms with Crippen LogP contribution in [-0.4, -0.2) is 45.9 Å². The number of pyridine rings is 1. The van der Waals surface area contributed by atoms with Crippen LogP contribution in [-0.2, 0) is 4.74 Å². The molecule has 3 heterocycles. The Morgan fingerprint density at radius 3 is 2.97 bits per heavy atom. The first-order valence-electron chi connectivity index (χ1n) is 9.75. The SMILES string of the molecule is C[C@@H]1NC(=O)O[C@@H]2CC[C@@H](C2)c2[nH]nc(c2Cl)Nc2cncc(c2)OCCC1(F)F. The molecule has 11 heteroatoms. The van der Waals surface area contributed by atoms with Crippen molar-refractivity contribution in [3.05, 3.63) is 29.2 Å². The number of H-pyrrole nitrogens is 1. The van der Waals surface area contributed by atoms with E-state index in [0.717, 1.165) is 12.1 Å². The maximum absolute atomic E-state index is 14.4. The number of anilines is 2. The number of halogens is 3. The summed E-state index contributed by atoms with van der Waals surface area (Å²) in [5.41, 5.74) is 1.31. The highest BCUT2D eigenvalue weighted by Gasteiger charge is 2.39. The molecule has 1 aliphatic carbocycles. The van der Waals surface area contributed by atoms with E-state index < -0.39 is 24.5 Å². The number of amides is 1. The minimum atomic E-state index is -3.16. The first-order valence-corrected chi connectivity index (χ1v) is 10.1. The molecular weight excluding hydrogens is 420 g/mol. The van der Waals surface area contributed by atoms with Gasteiger partial charge in [0.15, 0.2) is 5.82 Å². The van der Waals surface area contributed by atoms with Gasteiger partial charge in [-0.2, -0.15) is 5.10 Å². The van der Waals surface area contributed by atoms with Crippen LogP contribution < -0.4 is 15.4 Å². The number of fused-ring (bicyclic) bond motifs is 7. The molecule has 0 saturated heterocycles. The zero-order chi connectivity index (χ0) is 21.3. The smallest absolute Gasteiger partial charge is 0.407 e. The molecule has 0 aromatic carbocycles. The molecule has 1 aliphatic heterocycles. The average Bonchev–Trinajstić information content (AvgIpc) is 3.28. The second-order valence-electron chi connectivity index (χ2n) is 7.60. The lowest BCUT2D eigenvalue weighted by Crippen LogP contribution is -2.47. The van der Waals surface area contributed by atoms with Crippen molar-refractivity contribution in [3.63, 3.8) is 0 Å². The van der Waals surface area contributed by atoms with Gasteiger partial charge in [0.05, 0.1) is 36.4 Å². The molecule has 2 aromatic rings. The van der Waals surface area contributed by atoms with Gasteiger partial charge in [-0.3, -0.25) is 10.1 Å². The third kappa shape index (κ3) is 4.43. The van der Waals surface area contributed by atoms with Gasteiger partial charge in [0.25, 0.3) is 5.92 Å². The summed E-state index contributed by atoms with van der Waals surface area (Å²) in [6.07, 6.45) is 3.05. The number of alkyl carbamates (subject to hydrolysis) is 1. The van der Waals surface area contributed by atoms with Crippen LogP contribution in [0.25, 0.3) is 0 Å². The summed E-state index contributed by atoms with van der Waals surface area (Å²) in [6.45, 7) is 0.992. The monoisotopic (exact) mass is 441 g/mol. The predicted molar refractivity (Wildman–Crippen MR) is 106 cm³/mol. The van der Waals surface area contributed by atoms with Crippen LogP contribution in [0.1, 0.15) is 44.2 Å². The number of ether oxygens (including phenoxy) is 2. The van der Waals surface area contributed by atoms with Crippen LogP contribution >= 0.6 is 11.6 Å². The third-order valence-electron chi connectivity index (χ3n) is 5.45. The largest absolute Gasteiger partial charge is 0.492 e. The molecule has 6 bridgehead atoms. The molecule has 2 aromatic heterocycles. The maximum atomic E-state index is 14.4. The highest BCUT2D eigenvalue weighted by atomic mass is 35.5. The molecule has 3 atom stereocenters. The quantitative estimate of drug-likeness (QED) is 0.561. The third-order valence-corrected chi connectivity index (χ3v) is 5.83. The Labute approximate surface area is 176 Å². The van der Waals surface area contributed by atoms with E-state index in [1.54, 1.807) is 12.3 Å². The lowest BCUT2D eigenvalue weighted by Gasteiger charge is -2.25. The fourth-order valence-corrected chi connectivity index (χ4v) is 3.98. The number of aromatic amines is 1. The van der Waals surface area contributed by atoms with Crippen molar-refractivity contribution in [2.75, 3.05) is 11.9 Å². The topological polar surface area (TPSA) is 101 Å². The molecule has 1 fully saturated rings. The molecule has 2 aliphatic rings. The van der Waals surface area contributed by atoms with Gasteiger partial charge in [-0.15, -0.1) is 0 Å². The summed E-state index contributed by atoms with van der Waals surface area (Å²) in [5.74, 6) is -2.40. The van der Waals surface area contributed by atoms with E-state index in [0.29, 0.717) is 35.1 Å². The number of rotatable bonds is 0. The van der Waals surface area contributed by atoms with E-state index in [1.807, 2.05) is 0 Å². The Hall–Kier alpha value is -2.62. The number of alkyl halides is 2. The van der Waals surface area contributed by atoms with Crippen molar-refractivity contribution < 1.29 is 23.0 Å². The summed E-state index contributed by atoms with van der Waals surface area (Å²) in [5, 5.41) is 12.9. The zero-order valence-corrected chi connectivity index (χ0v) is 17.0. The fraction of sp³-hybridized carbons (Fsp3) is 0.526. The standard InChI is InChI=1S/C19H22ClF2N5O3/c1-10-19(21,22)4-5-29-14-7-12(8-23-9-14)25-17-15(20)16(26-27-17)11-2-3-13(6-11)30-18(28)24-10/h7-11,13H,2-6H2,1H3,(H,24,28)(H2,25,26,27)/t10-,11-,13+/m0/s1. The fourth-order valence-electron chi connectivity index (χ4n) is 3.70. The van der Waals surface area contributed by atoms with Gasteiger partial charge in [-0.05, 0) is 26.2 Å². The average molecular weight is 442 g/mol. The first kappa shape index (κ1) is 20.6. The van der Waals surface area contributed by atoms with E-state index in [9.17, 15) is 13.6 Å². The molecule has 162 valence electrons. The maximum Gasteiger partial charge on any atom is 0.407 e. The Balaban J connectivity index is 1.60. The first-order chi connectivity index (χ1) is 14.3. The zero-order valence-electron chi connectivity index (χ0n) is 16.3. The summed E-state index contributed by atoms with van der Waals surface area (Å²) in [6, 6.07) is 0.226. The second kappa shape index (κ2) is 8.25. The Bertz CT molecular complexity index is 925. The lowest BCUT2D eigenvalue weighted by molar-refractivity contribution is -0.0482. The molecule has 4 rings (SSSR count). The molecule has 0 spiro atoms. The summed E-state index contributed by atoms with van der Waals surface area (Å²) in [4.78, 5) is 16.2. The molecule has 1 amide bonds. The number of hydrogen-bond donors (Lipinski definition) is 3. The van der Waals surface area contributed by atoms with Crippen LogP contribution in [0, 0.1) is 0 Å². The van der Waals surface area contributed by atoms with E-state index in [1.165, 1.54) is 13.1 Å². The number of hydrogen-bond acceptors (Lipinski definition) is 6. The molecule has 30 heavy (non-hydrogen) atoms. The minimum absolute atomic E-state index is 0.0175. The minimum Gasteiger partial charge on any atom is -0.492 e. The lowest BCUT2D eigenvalue weighted by atomic mass is 10.0. The van der Waals surface area contributed by atoms with Crippen molar-refractivity contribution in [2.45, 2.75) is 56.6 Å². The van der Waals surface area contributed by atoms with Gasteiger partial charge in [0.2, 0.25) is 0 Å². The Kier molecular flexibility index (Phi) is 5.68. The van der Waals surface area contributed by atoms with Gasteiger partial charge >= 0.3 is 6.09 Å². The van der Waals surface area contributed by atoms with Gasteiger partial charge in [0, 0.05) is 18.4 Å². The second-order valence-corrected chi connectivity index (χ2v) is 7.97. The molecule has 3 N–H and O–H groups in total. The Morgan fingerprint density at radius 2 is 2.13 bits per heavy atom. The molecule has 8 nitrogen and oxygen atoms in total. The summed E-state index contributed by atoms with van der Waals surface area (Å²) >= 11 is 6.51. The van der Waals surface area contributed by atoms with Crippen LogP contribution in [0.15, 0.2) is 18.5 Å². The predicted octanol–water partition coefficient (Wildman–Crippen LogP) is 4.37. The molecule has 0 unspecified atom stereocenters. The van der Waals surface area contributed by atoms with Crippen molar-refractivity contribution in [2.24, 2.45) is 0 Å². The van der Waals surface area contributed by atoms with Crippen LogP contribution in [0.2, 0.25) is 5.02 Å². The highest BCUT2D eigenvalue weighted by molar-refractivity contribution is 6.33. The van der Waals surface area contributed by atoms with E-state index in [4.69, 9.17) is 21.1 Å². The van der Waals surface area contributed by atoms with Crippen LogP contribution in [0.5, 0.6) is 5.75 Å². The number of nitrogens with zero attached hydrogens (tertiary/aromatic N) is 2. The molecular formula is C19H22ClF2N5O3. The van der Waals surface area contributed by atoms with Crippen molar-refractivity contribution in [1.29, 1.82) is 0 Å². The van der Waals surface area contributed by atoms with Crippen molar-refractivity contribution in [1.82, 2.24) is 20.5 Å². The number of aromatic nitrogens is 3. The van der Waals surface area contributed by atoms with E-state index in [2.05, 4.69) is 25.8 Å². The van der Waals surface area contributed by atoms with E-state index >= 15 is 0 Å². The van der Waals surface area contributed by atoms with Gasteiger partial charge in [-0.1, -0.05) is 11.6 Å².